The van der Waals surface area contributed by atoms with Crippen molar-refractivity contribution >= 4 is 28.3 Å². The summed E-state index contributed by atoms with van der Waals surface area (Å²) in [5, 5.41) is 9.36. The highest BCUT2D eigenvalue weighted by Gasteiger charge is 2.16. The van der Waals surface area contributed by atoms with E-state index in [1.807, 2.05) is 41.7 Å². The Morgan fingerprint density at radius 2 is 1.73 bits per heavy atom. The van der Waals surface area contributed by atoms with Crippen molar-refractivity contribution in [3.8, 4) is 5.69 Å². The van der Waals surface area contributed by atoms with Gasteiger partial charge in [0.2, 0.25) is 5.78 Å². The van der Waals surface area contributed by atoms with Crippen molar-refractivity contribution in [3.63, 3.8) is 0 Å². The SMILES string of the molecule is Cc1nnc2n(-c3ccccc3Cl)c(=O)c3ccccc3n12. The molecule has 2 aromatic heterocycles. The van der Waals surface area contributed by atoms with Gasteiger partial charge in [0.05, 0.1) is 21.6 Å². The van der Waals surface area contributed by atoms with Crippen molar-refractivity contribution in [1.82, 2.24) is 19.2 Å². The van der Waals surface area contributed by atoms with Crippen molar-refractivity contribution in [2.75, 3.05) is 0 Å². The Hall–Kier alpha value is -2.66. The fourth-order valence-corrected chi connectivity index (χ4v) is 2.91. The number of halogens is 1. The van der Waals surface area contributed by atoms with Crippen LogP contribution in [0.5, 0.6) is 0 Å². The number of benzene rings is 2. The van der Waals surface area contributed by atoms with Gasteiger partial charge < -0.3 is 0 Å². The zero-order valence-electron chi connectivity index (χ0n) is 11.7. The molecule has 0 aliphatic carbocycles. The van der Waals surface area contributed by atoms with E-state index in [4.69, 9.17) is 11.6 Å². The van der Waals surface area contributed by atoms with E-state index in [0.717, 1.165) is 5.52 Å². The van der Waals surface area contributed by atoms with Gasteiger partial charge in [0, 0.05) is 0 Å². The van der Waals surface area contributed by atoms with Gasteiger partial charge in [-0.25, -0.2) is 4.57 Å². The van der Waals surface area contributed by atoms with Crippen LogP contribution in [0.15, 0.2) is 53.3 Å². The summed E-state index contributed by atoms with van der Waals surface area (Å²) in [5.74, 6) is 1.17. The summed E-state index contributed by atoms with van der Waals surface area (Å²) >= 11 is 6.27. The molecule has 0 spiro atoms. The molecule has 0 atom stereocenters. The van der Waals surface area contributed by atoms with Crippen molar-refractivity contribution in [2.45, 2.75) is 6.92 Å². The lowest BCUT2D eigenvalue weighted by Gasteiger charge is -2.11. The van der Waals surface area contributed by atoms with Crippen LogP contribution in [0.2, 0.25) is 5.02 Å². The van der Waals surface area contributed by atoms with Crippen LogP contribution in [0, 0.1) is 6.92 Å². The third kappa shape index (κ3) is 1.69. The first-order chi connectivity index (χ1) is 10.7. The van der Waals surface area contributed by atoms with Gasteiger partial charge in [-0.2, -0.15) is 0 Å². The largest absolute Gasteiger partial charge is 0.268 e. The maximum atomic E-state index is 12.9. The van der Waals surface area contributed by atoms with Crippen LogP contribution in [0.1, 0.15) is 5.82 Å². The van der Waals surface area contributed by atoms with Crippen molar-refractivity contribution < 1.29 is 0 Å². The van der Waals surface area contributed by atoms with Crippen LogP contribution in [-0.2, 0) is 0 Å². The number of hydrogen-bond acceptors (Lipinski definition) is 3. The monoisotopic (exact) mass is 310 g/mol. The lowest BCUT2D eigenvalue weighted by molar-refractivity contribution is 0.965. The van der Waals surface area contributed by atoms with Crippen LogP contribution in [-0.4, -0.2) is 19.2 Å². The van der Waals surface area contributed by atoms with Crippen LogP contribution in [0.25, 0.3) is 22.4 Å². The average Bonchev–Trinajstić information content (AvgIpc) is 2.91. The summed E-state index contributed by atoms with van der Waals surface area (Å²) in [4.78, 5) is 12.9. The van der Waals surface area contributed by atoms with Crippen LogP contribution in [0.3, 0.4) is 0 Å². The first kappa shape index (κ1) is 13.0. The first-order valence-electron chi connectivity index (χ1n) is 6.79. The predicted molar refractivity (Wildman–Crippen MR) is 85.8 cm³/mol. The van der Waals surface area contributed by atoms with Gasteiger partial charge in [-0.1, -0.05) is 35.9 Å². The summed E-state index contributed by atoms with van der Waals surface area (Å²) in [6.07, 6.45) is 0. The Kier molecular flexibility index (Phi) is 2.77. The number of fused-ring (bicyclic) bond motifs is 3. The molecule has 0 bridgehead atoms. The standard InChI is InChI=1S/C16H11ClN4O/c1-10-18-19-16-20(10)13-8-4-2-6-11(13)15(22)21(16)14-9-5-3-7-12(14)17/h2-9H,1H3. The Morgan fingerprint density at radius 3 is 2.55 bits per heavy atom. The first-order valence-corrected chi connectivity index (χ1v) is 7.16. The average molecular weight is 311 g/mol. The Bertz CT molecular complexity index is 1080. The van der Waals surface area contributed by atoms with Crippen molar-refractivity contribution in [3.05, 3.63) is 69.7 Å². The highest BCUT2D eigenvalue weighted by atomic mass is 35.5. The quantitative estimate of drug-likeness (QED) is 0.543. The summed E-state index contributed by atoms with van der Waals surface area (Å²) in [7, 11) is 0. The van der Waals surface area contributed by atoms with Gasteiger partial charge in [-0.15, -0.1) is 10.2 Å². The molecule has 22 heavy (non-hydrogen) atoms. The van der Waals surface area contributed by atoms with E-state index >= 15 is 0 Å². The minimum absolute atomic E-state index is 0.163. The minimum Gasteiger partial charge on any atom is -0.268 e. The fraction of sp³-hybridized carbons (Fsp3) is 0.0625. The molecule has 0 saturated heterocycles. The van der Waals surface area contributed by atoms with Gasteiger partial charge in [-0.05, 0) is 31.2 Å². The number of para-hydroxylation sites is 2. The molecule has 4 rings (SSSR count). The second kappa shape index (κ2) is 4.68. The number of hydrogen-bond donors (Lipinski definition) is 0. The van der Waals surface area contributed by atoms with Crippen molar-refractivity contribution in [2.24, 2.45) is 0 Å². The molecular weight excluding hydrogens is 300 g/mol. The van der Waals surface area contributed by atoms with E-state index in [-0.39, 0.29) is 5.56 Å². The van der Waals surface area contributed by atoms with Gasteiger partial charge in [-0.3, -0.25) is 9.20 Å². The van der Waals surface area contributed by atoms with Crippen LogP contribution < -0.4 is 5.56 Å². The molecule has 108 valence electrons. The summed E-state index contributed by atoms with van der Waals surface area (Å²) < 4.78 is 3.37. The molecule has 0 radical (unpaired) electrons. The highest BCUT2D eigenvalue weighted by Crippen LogP contribution is 2.22. The molecule has 0 aliphatic heterocycles. The fourth-order valence-electron chi connectivity index (χ4n) is 2.69. The summed E-state index contributed by atoms with van der Waals surface area (Å²) in [6, 6.07) is 14.6. The van der Waals surface area contributed by atoms with Crippen LogP contribution >= 0.6 is 11.6 Å². The molecule has 2 aromatic carbocycles. The number of nitrogens with zero attached hydrogens (tertiary/aromatic N) is 4. The van der Waals surface area contributed by atoms with Gasteiger partial charge in [0.15, 0.2) is 0 Å². The molecule has 0 unspecified atom stereocenters. The minimum atomic E-state index is -0.163. The highest BCUT2D eigenvalue weighted by molar-refractivity contribution is 6.32. The maximum absolute atomic E-state index is 12.9. The normalized spacial score (nSPS) is 11.4. The number of aryl methyl sites for hydroxylation is 1. The van der Waals surface area contributed by atoms with Crippen LogP contribution in [0.4, 0.5) is 0 Å². The zero-order valence-corrected chi connectivity index (χ0v) is 12.4. The molecule has 0 saturated carbocycles. The van der Waals surface area contributed by atoms with E-state index in [0.29, 0.717) is 27.7 Å². The van der Waals surface area contributed by atoms with Gasteiger partial charge in [0.1, 0.15) is 5.82 Å². The molecule has 0 N–H and O–H groups in total. The van der Waals surface area contributed by atoms with E-state index in [1.54, 1.807) is 18.2 Å². The molecule has 5 nitrogen and oxygen atoms in total. The number of aromatic nitrogens is 4. The van der Waals surface area contributed by atoms with E-state index in [9.17, 15) is 4.79 Å². The molecule has 0 amide bonds. The zero-order chi connectivity index (χ0) is 15.3. The second-order valence-electron chi connectivity index (χ2n) is 4.99. The smallest absolute Gasteiger partial charge is 0.267 e. The molecular formula is C16H11ClN4O. The lowest BCUT2D eigenvalue weighted by Crippen LogP contribution is -2.22. The molecule has 2 heterocycles. The predicted octanol–water partition coefficient (Wildman–Crippen LogP) is 3.00. The summed E-state index contributed by atoms with van der Waals surface area (Å²) in [5.41, 5.74) is 1.22. The molecule has 0 fully saturated rings. The molecule has 4 aromatic rings. The molecule has 0 aliphatic rings. The lowest BCUT2D eigenvalue weighted by atomic mass is 10.2. The maximum Gasteiger partial charge on any atom is 0.267 e. The Balaban J connectivity index is 2.30. The topological polar surface area (TPSA) is 52.2 Å². The Morgan fingerprint density at radius 1 is 1.00 bits per heavy atom. The number of rotatable bonds is 1. The third-order valence-electron chi connectivity index (χ3n) is 3.68. The van der Waals surface area contributed by atoms with Crippen molar-refractivity contribution in [1.29, 1.82) is 0 Å². The third-order valence-corrected chi connectivity index (χ3v) is 4.00. The second-order valence-corrected chi connectivity index (χ2v) is 5.40. The van der Waals surface area contributed by atoms with E-state index in [2.05, 4.69) is 10.2 Å². The summed E-state index contributed by atoms with van der Waals surface area (Å²) in [6.45, 7) is 1.86. The molecule has 6 heteroatoms. The Labute approximate surface area is 130 Å². The van der Waals surface area contributed by atoms with Gasteiger partial charge in [0.25, 0.3) is 5.56 Å². The van der Waals surface area contributed by atoms with Gasteiger partial charge >= 0.3 is 0 Å². The van der Waals surface area contributed by atoms with E-state index in [1.165, 1.54) is 4.57 Å². The van der Waals surface area contributed by atoms with E-state index < -0.39 is 0 Å².